The lowest BCUT2D eigenvalue weighted by Crippen LogP contribution is -2.23. The van der Waals surface area contributed by atoms with Crippen LogP contribution in [0.3, 0.4) is 0 Å². The van der Waals surface area contributed by atoms with Crippen molar-refractivity contribution in [1.82, 2.24) is 0 Å². The summed E-state index contributed by atoms with van der Waals surface area (Å²) in [5.74, 6) is 0.528. The van der Waals surface area contributed by atoms with Crippen LogP contribution in [-0.2, 0) is 0 Å². The summed E-state index contributed by atoms with van der Waals surface area (Å²) in [5, 5.41) is 1.46. The number of methoxy groups -OCH3 is 3. The third-order valence-corrected chi connectivity index (χ3v) is 4.95. The van der Waals surface area contributed by atoms with E-state index in [0.29, 0.717) is 22.8 Å². The molecule has 136 valence electrons. The third kappa shape index (κ3) is 2.24. The predicted octanol–water partition coefficient (Wildman–Crippen LogP) is 3.95. The maximum atomic E-state index is 13.4. The fraction of sp³-hybridized carbons (Fsp3) is 0.182. The van der Waals surface area contributed by atoms with Crippen molar-refractivity contribution in [2.75, 3.05) is 21.3 Å². The highest BCUT2D eigenvalue weighted by Crippen LogP contribution is 2.46. The molecule has 3 aromatic rings. The van der Waals surface area contributed by atoms with Gasteiger partial charge in [0.05, 0.1) is 38.0 Å². The second-order valence-electron chi connectivity index (χ2n) is 6.41. The zero-order valence-electron chi connectivity index (χ0n) is 15.5. The molecule has 4 rings (SSSR count). The van der Waals surface area contributed by atoms with Gasteiger partial charge < -0.3 is 14.2 Å². The highest BCUT2D eigenvalue weighted by molar-refractivity contribution is 6.33. The molecule has 5 heteroatoms. The number of rotatable bonds is 3. The standard InChI is InChI=1S/C22H18O5/c1-11-8-9-12-14(10-11)22(27-4)17-18(21(12)26-3)20(24)16-13(19(17)23)6-5-7-15(16)25-2/h5-10H,1-4H3. The van der Waals surface area contributed by atoms with Crippen molar-refractivity contribution >= 4 is 22.3 Å². The van der Waals surface area contributed by atoms with Crippen molar-refractivity contribution in [2.24, 2.45) is 0 Å². The molecule has 1 aliphatic carbocycles. The minimum Gasteiger partial charge on any atom is -0.496 e. The Kier molecular flexibility index (Phi) is 3.88. The number of carbonyl (C=O) groups is 2. The van der Waals surface area contributed by atoms with Gasteiger partial charge in [-0.3, -0.25) is 9.59 Å². The van der Waals surface area contributed by atoms with Gasteiger partial charge in [-0.15, -0.1) is 0 Å². The first-order chi connectivity index (χ1) is 13.0. The summed E-state index contributed by atoms with van der Waals surface area (Å²) >= 11 is 0. The second-order valence-corrected chi connectivity index (χ2v) is 6.41. The van der Waals surface area contributed by atoms with Gasteiger partial charge >= 0.3 is 0 Å². The fourth-order valence-electron chi connectivity index (χ4n) is 3.78. The molecule has 0 heterocycles. The van der Waals surface area contributed by atoms with Crippen LogP contribution in [0.4, 0.5) is 0 Å². The monoisotopic (exact) mass is 362 g/mol. The SMILES string of the molecule is COc1cccc2c1C(=O)c1c(c(OC)c3cc(C)ccc3c1OC)C2=O. The normalized spacial score (nSPS) is 12.6. The number of fused-ring (bicyclic) bond motifs is 3. The Morgan fingerprint density at radius 1 is 0.704 bits per heavy atom. The average molecular weight is 362 g/mol. The summed E-state index contributed by atoms with van der Waals surface area (Å²) in [6.45, 7) is 1.96. The molecule has 0 spiro atoms. The first kappa shape index (κ1) is 17.1. The van der Waals surface area contributed by atoms with E-state index in [1.807, 2.05) is 25.1 Å². The molecule has 0 fully saturated rings. The summed E-state index contributed by atoms with van der Waals surface area (Å²) in [6.07, 6.45) is 0. The number of hydrogen-bond donors (Lipinski definition) is 0. The Labute approximate surface area is 156 Å². The third-order valence-electron chi connectivity index (χ3n) is 4.95. The highest BCUT2D eigenvalue weighted by atomic mass is 16.5. The quantitative estimate of drug-likeness (QED) is 0.552. The molecular weight excluding hydrogens is 344 g/mol. The molecule has 0 aliphatic heterocycles. The van der Waals surface area contributed by atoms with Crippen molar-refractivity contribution < 1.29 is 23.8 Å². The van der Waals surface area contributed by atoms with Gasteiger partial charge in [0.2, 0.25) is 5.78 Å². The van der Waals surface area contributed by atoms with Crippen LogP contribution in [0.2, 0.25) is 0 Å². The van der Waals surface area contributed by atoms with Crippen LogP contribution in [0.5, 0.6) is 17.2 Å². The van der Waals surface area contributed by atoms with Crippen LogP contribution >= 0.6 is 0 Å². The van der Waals surface area contributed by atoms with Gasteiger partial charge in [-0.2, -0.15) is 0 Å². The molecule has 1 aliphatic rings. The molecule has 0 radical (unpaired) electrons. The van der Waals surface area contributed by atoms with Crippen LogP contribution in [0.1, 0.15) is 37.4 Å². The largest absolute Gasteiger partial charge is 0.496 e. The number of ketones is 2. The van der Waals surface area contributed by atoms with E-state index < -0.39 is 0 Å². The lowest BCUT2D eigenvalue weighted by Gasteiger charge is -2.25. The van der Waals surface area contributed by atoms with Crippen molar-refractivity contribution in [3.05, 3.63) is 64.2 Å². The van der Waals surface area contributed by atoms with E-state index in [1.54, 1.807) is 18.2 Å². The van der Waals surface area contributed by atoms with E-state index in [4.69, 9.17) is 14.2 Å². The zero-order chi connectivity index (χ0) is 19.3. The summed E-state index contributed by atoms with van der Waals surface area (Å²) in [4.78, 5) is 26.8. The number of aryl methyl sites for hydroxylation is 1. The number of benzene rings is 3. The second kappa shape index (κ2) is 6.13. The Morgan fingerprint density at radius 3 is 2.04 bits per heavy atom. The first-order valence-electron chi connectivity index (χ1n) is 8.48. The molecule has 0 amide bonds. The van der Waals surface area contributed by atoms with Crippen molar-refractivity contribution in [3.8, 4) is 17.2 Å². The van der Waals surface area contributed by atoms with Gasteiger partial charge in [0.15, 0.2) is 5.78 Å². The van der Waals surface area contributed by atoms with E-state index in [9.17, 15) is 9.59 Å². The maximum absolute atomic E-state index is 13.4. The Bertz CT molecular complexity index is 1130. The van der Waals surface area contributed by atoms with E-state index in [-0.39, 0.29) is 28.3 Å². The van der Waals surface area contributed by atoms with Gasteiger partial charge in [0, 0.05) is 16.3 Å². The van der Waals surface area contributed by atoms with E-state index in [1.165, 1.54) is 21.3 Å². The number of hydrogen-bond acceptors (Lipinski definition) is 5. The zero-order valence-corrected chi connectivity index (χ0v) is 15.5. The van der Waals surface area contributed by atoms with Gasteiger partial charge in [-0.05, 0) is 19.1 Å². The number of ether oxygens (including phenoxy) is 3. The van der Waals surface area contributed by atoms with E-state index in [0.717, 1.165) is 16.3 Å². The Hall–Kier alpha value is -3.34. The summed E-state index contributed by atoms with van der Waals surface area (Å²) in [7, 11) is 4.48. The smallest absolute Gasteiger partial charge is 0.202 e. The molecule has 3 aromatic carbocycles. The molecule has 0 N–H and O–H groups in total. The molecule has 27 heavy (non-hydrogen) atoms. The number of carbonyl (C=O) groups excluding carboxylic acids is 2. The minimum atomic E-state index is -0.310. The van der Waals surface area contributed by atoms with Crippen LogP contribution in [-0.4, -0.2) is 32.9 Å². The molecule has 0 unspecified atom stereocenters. The molecular formula is C22H18O5. The van der Waals surface area contributed by atoms with Gasteiger partial charge in [-0.25, -0.2) is 0 Å². The molecule has 0 saturated heterocycles. The molecule has 0 saturated carbocycles. The topological polar surface area (TPSA) is 61.8 Å². The van der Waals surface area contributed by atoms with Gasteiger partial charge in [-0.1, -0.05) is 29.8 Å². The first-order valence-corrected chi connectivity index (χ1v) is 8.48. The lowest BCUT2D eigenvalue weighted by atomic mass is 9.80. The summed E-state index contributed by atoms with van der Waals surface area (Å²) < 4.78 is 16.5. The summed E-state index contributed by atoms with van der Waals surface area (Å²) in [6, 6.07) is 10.7. The lowest BCUT2D eigenvalue weighted by molar-refractivity contribution is 0.0972. The van der Waals surface area contributed by atoms with Gasteiger partial charge in [0.25, 0.3) is 0 Å². The molecule has 0 atom stereocenters. The minimum absolute atomic E-state index is 0.215. The van der Waals surface area contributed by atoms with E-state index in [2.05, 4.69) is 0 Å². The van der Waals surface area contributed by atoms with Crippen molar-refractivity contribution in [2.45, 2.75) is 6.92 Å². The molecule has 0 bridgehead atoms. The van der Waals surface area contributed by atoms with Crippen molar-refractivity contribution in [1.29, 1.82) is 0 Å². The van der Waals surface area contributed by atoms with Crippen LogP contribution in [0.25, 0.3) is 10.8 Å². The fourth-order valence-corrected chi connectivity index (χ4v) is 3.78. The Morgan fingerprint density at radius 2 is 1.37 bits per heavy atom. The molecule has 0 aromatic heterocycles. The highest BCUT2D eigenvalue weighted by Gasteiger charge is 2.38. The summed E-state index contributed by atoms with van der Waals surface area (Å²) in [5.41, 5.74) is 2.02. The Balaban J connectivity index is 2.19. The van der Waals surface area contributed by atoms with Gasteiger partial charge in [0.1, 0.15) is 17.2 Å². The van der Waals surface area contributed by atoms with Crippen LogP contribution in [0, 0.1) is 6.92 Å². The maximum Gasteiger partial charge on any atom is 0.202 e. The average Bonchev–Trinajstić information content (AvgIpc) is 2.69. The predicted molar refractivity (Wildman–Crippen MR) is 102 cm³/mol. The van der Waals surface area contributed by atoms with Crippen LogP contribution in [0.15, 0.2) is 36.4 Å². The van der Waals surface area contributed by atoms with Crippen molar-refractivity contribution in [3.63, 3.8) is 0 Å². The van der Waals surface area contributed by atoms with Crippen LogP contribution < -0.4 is 14.2 Å². The van der Waals surface area contributed by atoms with E-state index >= 15 is 0 Å². The molecule has 5 nitrogen and oxygen atoms in total.